The summed E-state index contributed by atoms with van der Waals surface area (Å²) in [5.41, 5.74) is 5.29. The molecular formula is C10H12N2O3. The van der Waals surface area contributed by atoms with Gasteiger partial charge in [0, 0.05) is 19.7 Å². The lowest BCUT2D eigenvalue weighted by Gasteiger charge is -2.11. The highest BCUT2D eigenvalue weighted by Gasteiger charge is 2.13. The van der Waals surface area contributed by atoms with Crippen LogP contribution in [0.2, 0.25) is 0 Å². The van der Waals surface area contributed by atoms with E-state index in [1.165, 1.54) is 23.1 Å². The molecule has 0 unspecified atom stereocenters. The Hall–Kier alpha value is -2.04. The van der Waals surface area contributed by atoms with Gasteiger partial charge in [-0.3, -0.25) is 9.59 Å². The number of hydrogen-bond donors (Lipinski definition) is 2. The summed E-state index contributed by atoms with van der Waals surface area (Å²) in [4.78, 5) is 23.8. The molecule has 0 spiro atoms. The van der Waals surface area contributed by atoms with E-state index in [1.807, 2.05) is 0 Å². The third-order valence-corrected chi connectivity index (χ3v) is 1.92. The Morgan fingerprint density at radius 1 is 1.33 bits per heavy atom. The van der Waals surface area contributed by atoms with E-state index in [0.717, 1.165) is 0 Å². The van der Waals surface area contributed by atoms with Gasteiger partial charge in [-0.1, -0.05) is 0 Å². The van der Waals surface area contributed by atoms with Crippen LogP contribution in [0.5, 0.6) is 5.75 Å². The Bertz CT molecular complexity index is 413. The van der Waals surface area contributed by atoms with E-state index in [1.54, 1.807) is 14.1 Å². The molecule has 0 aliphatic carbocycles. The topological polar surface area (TPSA) is 83.6 Å². The maximum Gasteiger partial charge on any atom is 0.253 e. The Morgan fingerprint density at radius 2 is 1.93 bits per heavy atom. The summed E-state index contributed by atoms with van der Waals surface area (Å²) >= 11 is 0. The van der Waals surface area contributed by atoms with Gasteiger partial charge in [-0.05, 0) is 18.2 Å². The van der Waals surface area contributed by atoms with Crippen molar-refractivity contribution in [3.8, 4) is 5.75 Å². The van der Waals surface area contributed by atoms with Crippen molar-refractivity contribution >= 4 is 11.8 Å². The monoisotopic (exact) mass is 208 g/mol. The minimum atomic E-state index is -0.763. The molecule has 1 rings (SSSR count). The van der Waals surface area contributed by atoms with Gasteiger partial charge in [0.05, 0.1) is 5.56 Å². The molecule has 1 aromatic rings. The minimum Gasteiger partial charge on any atom is -0.507 e. The van der Waals surface area contributed by atoms with Crippen LogP contribution >= 0.6 is 0 Å². The fraction of sp³-hybridized carbons (Fsp3) is 0.200. The Balaban J connectivity index is 3.19. The Kier molecular flexibility index (Phi) is 2.94. The van der Waals surface area contributed by atoms with Gasteiger partial charge in [0.25, 0.3) is 11.8 Å². The second kappa shape index (κ2) is 4.00. The van der Waals surface area contributed by atoms with Gasteiger partial charge in [-0.25, -0.2) is 0 Å². The minimum absolute atomic E-state index is 0.0531. The maximum atomic E-state index is 11.5. The number of amides is 2. The van der Waals surface area contributed by atoms with Crippen LogP contribution in [0.25, 0.3) is 0 Å². The molecule has 0 saturated heterocycles. The van der Waals surface area contributed by atoms with Gasteiger partial charge in [-0.15, -0.1) is 0 Å². The van der Waals surface area contributed by atoms with E-state index in [9.17, 15) is 14.7 Å². The van der Waals surface area contributed by atoms with Crippen LogP contribution in [0.3, 0.4) is 0 Å². The lowest BCUT2D eigenvalue weighted by molar-refractivity contribution is 0.0827. The fourth-order valence-electron chi connectivity index (χ4n) is 1.12. The van der Waals surface area contributed by atoms with Gasteiger partial charge in [0.1, 0.15) is 5.75 Å². The van der Waals surface area contributed by atoms with E-state index < -0.39 is 5.91 Å². The van der Waals surface area contributed by atoms with Gasteiger partial charge >= 0.3 is 0 Å². The summed E-state index contributed by atoms with van der Waals surface area (Å²) in [5, 5.41) is 9.30. The first kappa shape index (κ1) is 11.0. The average Bonchev–Trinajstić information content (AvgIpc) is 2.16. The fourth-order valence-corrected chi connectivity index (χ4v) is 1.12. The molecule has 80 valence electrons. The molecule has 0 heterocycles. The molecule has 0 fully saturated rings. The summed E-state index contributed by atoms with van der Waals surface area (Å²) < 4.78 is 0. The summed E-state index contributed by atoms with van der Waals surface area (Å²) in [7, 11) is 3.19. The number of phenols is 1. The van der Waals surface area contributed by atoms with Gasteiger partial charge in [-0.2, -0.15) is 0 Å². The molecule has 0 atom stereocenters. The summed E-state index contributed by atoms with van der Waals surface area (Å²) in [6.45, 7) is 0. The van der Waals surface area contributed by atoms with Crippen LogP contribution in [-0.2, 0) is 0 Å². The standard InChI is InChI=1S/C10H12N2O3/c1-12(2)10(15)6-3-4-8(13)7(5-6)9(11)14/h3-5,13H,1-2H3,(H2,11,14). The predicted octanol–water partition coefficient (Wildman–Crippen LogP) is 0.193. The summed E-state index contributed by atoms with van der Waals surface area (Å²) in [6, 6.07) is 3.99. The highest BCUT2D eigenvalue weighted by atomic mass is 16.3. The van der Waals surface area contributed by atoms with Crippen molar-refractivity contribution in [2.75, 3.05) is 14.1 Å². The van der Waals surface area contributed by atoms with Crippen molar-refractivity contribution < 1.29 is 14.7 Å². The maximum absolute atomic E-state index is 11.5. The lowest BCUT2D eigenvalue weighted by Crippen LogP contribution is -2.22. The SMILES string of the molecule is CN(C)C(=O)c1ccc(O)c(C(N)=O)c1. The second-order valence-corrected chi connectivity index (χ2v) is 3.30. The first-order valence-electron chi connectivity index (χ1n) is 4.28. The molecule has 3 N–H and O–H groups in total. The third kappa shape index (κ3) is 2.25. The highest BCUT2D eigenvalue weighted by molar-refractivity contribution is 6.00. The summed E-state index contributed by atoms with van der Waals surface area (Å²) in [6.07, 6.45) is 0. The quantitative estimate of drug-likeness (QED) is 0.727. The number of rotatable bonds is 2. The zero-order chi connectivity index (χ0) is 11.6. The van der Waals surface area contributed by atoms with Crippen molar-refractivity contribution in [1.82, 2.24) is 4.90 Å². The molecular weight excluding hydrogens is 196 g/mol. The van der Waals surface area contributed by atoms with Crippen molar-refractivity contribution in [2.24, 2.45) is 5.73 Å². The van der Waals surface area contributed by atoms with Crippen molar-refractivity contribution in [1.29, 1.82) is 0 Å². The van der Waals surface area contributed by atoms with Crippen molar-refractivity contribution in [2.45, 2.75) is 0 Å². The number of primary amides is 1. The molecule has 1 aromatic carbocycles. The van der Waals surface area contributed by atoms with Crippen molar-refractivity contribution in [3.05, 3.63) is 29.3 Å². The van der Waals surface area contributed by atoms with Crippen LogP contribution in [0.4, 0.5) is 0 Å². The highest BCUT2D eigenvalue weighted by Crippen LogP contribution is 2.18. The van der Waals surface area contributed by atoms with Crippen LogP contribution < -0.4 is 5.73 Å². The van der Waals surface area contributed by atoms with E-state index >= 15 is 0 Å². The molecule has 0 radical (unpaired) electrons. The molecule has 0 aliphatic heterocycles. The number of nitrogens with two attached hydrogens (primary N) is 1. The molecule has 0 aromatic heterocycles. The van der Waals surface area contributed by atoms with E-state index in [-0.39, 0.29) is 17.2 Å². The lowest BCUT2D eigenvalue weighted by atomic mass is 10.1. The average molecular weight is 208 g/mol. The number of hydrogen-bond acceptors (Lipinski definition) is 3. The predicted molar refractivity (Wildman–Crippen MR) is 54.6 cm³/mol. The molecule has 0 aliphatic rings. The van der Waals surface area contributed by atoms with Gasteiger partial charge < -0.3 is 15.7 Å². The number of carbonyl (C=O) groups excluding carboxylic acids is 2. The van der Waals surface area contributed by atoms with Crippen molar-refractivity contribution in [3.63, 3.8) is 0 Å². The normalized spacial score (nSPS) is 9.73. The number of nitrogens with zero attached hydrogens (tertiary/aromatic N) is 1. The van der Waals surface area contributed by atoms with E-state index in [2.05, 4.69) is 0 Å². The molecule has 0 saturated carbocycles. The zero-order valence-corrected chi connectivity index (χ0v) is 8.52. The van der Waals surface area contributed by atoms with Crippen LogP contribution in [0.1, 0.15) is 20.7 Å². The van der Waals surface area contributed by atoms with Crippen LogP contribution in [0, 0.1) is 0 Å². The first-order valence-corrected chi connectivity index (χ1v) is 4.28. The molecule has 5 heteroatoms. The molecule has 5 nitrogen and oxygen atoms in total. The molecule has 0 bridgehead atoms. The number of aromatic hydroxyl groups is 1. The second-order valence-electron chi connectivity index (χ2n) is 3.30. The molecule has 2 amide bonds. The number of carbonyl (C=O) groups is 2. The van der Waals surface area contributed by atoms with E-state index in [4.69, 9.17) is 5.73 Å². The first-order chi connectivity index (χ1) is 6.93. The van der Waals surface area contributed by atoms with Crippen LogP contribution in [0.15, 0.2) is 18.2 Å². The Labute approximate surface area is 87.1 Å². The Morgan fingerprint density at radius 3 is 2.40 bits per heavy atom. The van der Waals surface area contributed by atoms with E-state index in [0.29, 0.717) is 5.56 Å². The smallest absolute Gasteiger partial charge is 0.253 e. The largest absolute Gasteiger partial charge is 0.507 e. The zero-order valence-electron chi connectivity index (χ0n) is 8.52. The third-order valence-electron chi connectivity index (χ3n) is 1.92. The van der Waals surface area contributed by atoms with Crippen LogP contribution in [-0.4, -0.2) is 35.9 Å². The number of benzene rings is 1. The van der Waals surface area contributed by atoms with Gasteiger partial charge in [0.2, 0.25) is 0 Å². The molecule has 15 heavy (non-hydrogen) atoms. The summed E-state index contributed by atoms with van der Waals surface area (Å²) in [5.74, 6) is -1.24. The van der Waals surface area contributed by atoms with Gasteiger partial charge in [0.15, 0.2) is 0 Å².